The van der Waals surface area contributed by atoms with E-state index in [1.807, 2.05) is 26.0 Å². The lowest BCUT2D eigenvalue weighted by molar-refractivity contribution is -0.378. The standard InChI is InChI=1S/C31H34N2O6/c1-6-38-25-12-9-22(15-26(25)37-5)28-27(30(35)31(36)33(28)17-21-8-7-13-32-16-21)29(34)23-10-11-24(20(4)14-23)39-18-19(2)3/h7-16,19,28,34H,6,17-18H2,1-5H3/b29-27+. The van der Waals surface area contributed by atoms with Gasteiger partial charge in [0.15, 0.2) is 23.9 Å². The highest BCUT2D eigenvalue weighted by Gasteiger charge is 2.44. The second kappa shape index (κ2) is 12.0. The van der Waals surface area contributed by atoms with Gasteiger partial charge in [0.2, 0.25) is 5.78 Å². The third-order valence-electron chi connectivity index (χ3n) is 6.47. The van der Waals surface area contributed by atoms with Gasteiger partial charge in [-0.2, -0.15) is 0 Å². The molecule has 1 aliphatic heterocycles. The number of hydrogen-bond acceptors (Lipinski definition) is 6. The fourth-order valence-corrected chi connectivity index (χ4v) is 4.60. The van der Waals surface area contributed by atoms with E-state index in [-0.39, 0.29) is 12.1 Å². The summed E-state index contributed by atoms with van der Waals surface area (Å²) < 4.78 is 17.0. The van der Waals surface area contributed by atoms with Crippen molar-refractivity contribution in [2.24, 2.45) is 5.92 Å². The molecule has 8 nitrogen and oxygen atoms in total. The van der Waals surface area contributed by atoms with E-state index < -0.39 is 23.5 Å². The lowest BCUT2D eigenvalue weighted by Gasteiger charge is -2.28. The molecule has 3 aromatic rings. The Morgan fingerprint density at radius 1 is 1.05 bits per heavy atom. The van der Waals surface area contributed by atoms with Gasteiger partial charge in [0.1, 0.15) is 5.75 Å². The van der Waals surface area contributed by atoms with Gasteiger partial charge < -0.3 is 24.2 Å². The van der Waals surface area contributed by atoms with Crippen molar-refractivity contribution in [3.8, 4) is 17.2 Å². The number of pyridine rings is 1. The van der Waals surface area contributed by atoms with Gasteiger partial charge in [0.25, 0.3) is 5.91 Å². The summed E-state index contributed by atoms with van der Waals surface area (Å²) in [6.07, 6.45) is 3.51. The van der Waals surface area contributed by atoms with Gasteiger partial charge in [0, 0.05) is 17.2 Å². The number of carbonyl (C=O) groups excluding carboxylic acids is 2. The normalized spacial score (nSPS) is 16.6. The Hall–Kier alpha value is -4.33. The van der Waals surface area contributed by atoms with Gasteiger partial charge in [-0.05, 0) is 66.8 Å². The number of carbonyl (C=O) groups is 2. The Morgan fingerprint density at radius 2 is 1.82 bits per heavy atom. The first-order chi connectivity index (χ1) is 18.7. The maximum atomic E-state index is 13.9. The highest BCUT2D eigenvalue weighted by molar-refractivity contribution is 6.46. The number of likely N-dealkylation sites (tertiary alicyclic amines) is 1. The Morgan fingerprint density at radius 3 is 2.46 bits per heavy atom. The summed E-state index contributed by atoms with van der Waals surface area (Å²) in [4.78, 5) is 31.2. The van der Waals surface area contributed by atoms with Crippen LogP contribution in [0.15, 0.2) is 66.5 Å². The summed E-state index contributed by atoms with van der Waals surface area (Å²) in [7, 11) is 1.52. The largest absolute Gasteiger partial charge is 0.872 e. The van der Waals surface area contributed by atoms with Crippen LogP contribution in [0.2, 0.25) is 0 Å². The van der Waals surface area contributed by atoms with Crippen molar-refractivity contribution in [3.05, 3.63) is 88.8 Å². The minimum absolute atomic E-state index is 0.0960. The Bertz CT molecular complexity index is 1380. The molecule has 1 aromatic heterocycles. The number of aryl methyl sites for hydroxylation is 1. The second-order valence-electron chi connectivity index (χ2n) is 9.85. The van der Waals surface area contributed by atoms with Gasteiger partial charge in [-0.15, -0.1) is 0 Å². The van der Waals surface area contributed by atoms with Crippen LogP contribution in [0.5, 0.6) is 17.2 Å². The van der Waals surface area contributed by atoms with Gasteiger partial charge in [0.05, 0.1) is 32.9 Å². The Balaban J connectivity index is 1.83. The molecule has 0 spiro atoms. The number of aromatic nitrogens is 1. The van der Waals surface area contributed by atoms with Crippen LogP contribution in [0.3, 0.4) is 0 Å². The molecular formula is C31H34N2O6. The summed E-state index contributed by atoms with van der Waals surface area (Å²) in [5.74, 6) is -0.0270. The summed E-state index contributed by atoms with van der Waals surface area (Å²) in [6, 6.07) is 13.0. The topological polar surface area (TPSA) is 102 Å². The second-order valence-corrected chi connectivity index (χ2v) is 9.85. The van der Waals surface area contributed by atoms with Crippen molar-refractivity contribution < 1.29 is 33.9 Å². The fourth-order valence-electron chi connectivity index (χ4n) is 4.60. The van der Waals surface area contributed by atoms with Crippen molar-refractivity contribution >= 4 is 17.4 Å². The van der Waals surface area contributed by atoms with Crippen molar-refractivity contribution in [3.63, 3.8) is 0 Å². The molecule has 39 heavy (non-hydrogen) atoms. The van der Waals surface area contributed by atoms with Crippen LogP contribution in [-0.2, 0) is 16.1 Å². The van der Waals surface area contributed by atoms with E-state index in [0.717, 1.165) is 11.1 Å². The van der Waals surface area contributed by atoms with Gasteiger partial charge in [-0.1, -0.05) is 31.7 Å². The van der Waals surface area contributed by atoms with Crippen LogP contribution in [-0.4, -0.2) is 36.9 Å². The molecule has 1 fully saturated rings. The van der Waals surface area contributed by atoms with Crippen LogP contribution < -0.4 is 24.3 Å². The lowest BCUT2D eigenvalue weighted by atomic mass is 9.94. The Labute approximate surface area is 228 Å². The van der Waals surface area contributed by atoms with Crippen LogP contribution in [0.25, 0.3) is 5.76 Å². The van der Waals surface area contributed by atoms with Gasteiger partial charge >= 0.3 is 0 Å². The summed E-state index contributed by atoms with van der Waals surface area (Å²) in [5.41, 5.74) is 2.36. The number of rotatable bonds is 10. The molecule has 1 aliphatic rings. The number of benzene rings is 2. The summed E-state index contributed by atoms with van der Waals surface area (Å²) >= 11 is 0. The number of aromatic amines is 1. The molecule has 1 atom stereocenters. The number of amides is 1. The zero-order valence-corrected chi connectivity index (χ0v) is 22.9. The molecule has 1 saturated heterocycles. The number of ketones is 1. The van der Waals surface area contributed by atoms with Gasteiger partial charge in [-0.3, -0.25) is 9.59 Å². The van der Waals surface area contributed by atoms with Crippen LogP contribution in [0.4, 0.5) is 0 Å². The van der Waals surface area contributed by atoms with Crippen molar-refractivity contribution in [1.29, 1.82) is 0 Å². The average Bonchev–Trinajstić information content (AvgIpc) is 3.17. The predicted molar refractivity (Wildman–Crippen MR) is 144 cm³/mol. The number of nitrogens with zero attached hydrogens (tertiary/aromatic N) is 1. The van der Waals surface area contributed by atoms with Crippen LogP contribution in [0, 0.1) is 12.8 Å². The van der Waals surface area contributed by atoms with Crippen molar-refractivity contribution in [2.75, 3.05) is 20.3 Å². The lowest BCUT2D eigenvalue weighted by Crippen LogP contribution is -2.29. The molecule has 2 heterocycles. The number of nitrogens with one attached hydrogen (secondary N) is 1. The van der Waals surface area contributed by atoms with E-state index in [2.05, 4.69) is 18.8 Å². The number of H-pyrrole nitrogens is 1. The maximum absolute atomic E-state index is 13.9. The SMILES string of the molecule is CCOc1ccc(C2/C(=C(\[O-])c3ccc(OCC(C)C)c(C)c3)C(=O)C(=O)N2Cc2ccc[nH+]c2)cc1OC. The highest BCUT2D eigenvalue weighted by atomic mass is 16.5. The number of ether oxygens (including phenoxy) is 3. The highest BCUT2D eigenvalue weighted by Crippen LogP contribution is 2.42. The molecule has 0 aliphatic carbocycles. The van der Waals surface area contributed by atoms with E-state index in [9.17, 15) is 14.7 Å². The molecule has 204 valence electrons. The van der Waals surface area contributed by atoms with Crippen molar-refractivity contribution in [1.82, 2.24) is 4.90 Å². The van der Waals surface area contributed by atoms with E-state index in [0.29, 0.717) is 47.5 Å². The van der Waals surface area contributed by atoms with E-state index in [1.54, 1.807) is 48.8 Å². The predicted octanol–water partition coefficient (Wildman–Crippen LogP) is 3.68. The maximum Gasteiger partial charge on any atom is 0.295 e. The first-order valence-electron chi connectivity index (χ1n) is 13.0. The van der Waals surface area contributed by atoms with Crippen molar-refractivity contribution in [2.45, 2.75) is 40.3 Å². The minimum Gasteiger partial charge on any atom is -0.872 e. The summed E-state index contributed by atoms with van der Waals surface area (Å²) in [6.45, 7) is 8.96. The smallest absolute Gasteiger partial charge is 0.295 e. The molecule has 8 heteroatoms. The van der Waals surface area contributed by atoms with Crippen LogP contribution >= 0.6 is 0 Å². The minimum atomic E-state index is -0.903. The third-order valence-corrected chi connectivity index (χ3v) is 6.47. The molecule has 1 unspecified atom stereocenters. The molecule has 2 aromatic carbocycles. The summed E-state index contributed by atoms with van der Waals surface area (Å²) in [5, 5.41) is 13.9. The van der Waals surface area contributed by atoms with E-state index >= 15 is 0 Å². The molecule has 0 saturated carbocycles. The number of methoxy groups -OCH3 is 1. The number of hydrogen-bond donors (Lipinski definition) is 0. The van der Waals surface area contributed by atoms with Crippen LogP contribution in [0.1, 0.15) is 49.1 Å². The zero-order valence-electron chi connectivity index (χ0n) is 22.9. The molecule has 1 N–H and O–H groups in total. The first kappa shape index (κ1) is 27.7. The molecular weight excluding hydrogens is 496 g/mol. The number of Topliss-reactive ketones (excluding diaryl/α,β-unsaturated/α-hetero) is 1. The van der Waals surface area contributed by atoms with E-state index in [4.69, 9.17) is 14.2 Å². The van der Waals surface area contributed by atoms with E-state index in [1.165, 1.54) is 12.0 Å². The van der Waals surface area contributed by atoms with Gasteiger partial charge in [-0.25, -0.2) is 4.98 Å². The molecule has 0 radical (unpaired) electrons. The molecule has 1 amide bonds. The first-order valence-corrected chi connectivity index (χ1v) is 13.0. The molecule has 0 bridgehead atoms. The molecule has 4 rings (SSSR count). The Kier molecular flexibility index (Phi) is 8.54. The average molecular weight is 531 g/mol. The fraction of sp³-hybridized carbons (Fsp3) is 0.323. The third kappa shape index (κ3) is 5.90. The monoisotopic (exact) mass is 530 g/mol. The quantitative estimate of drug-likeness (QED) is 0.225. The zero-order chi connectivity index (χ0) is 28.1.